The van der Waals surface area contributed by atoms with Gasteiger partial charge in [0.2, 0.25) is 5.95 Å². The first-order valence-electron chi connectivity index (χ1n) is 10.5. The van der Waals surface area contributed by atoms with Gasteiger partial charge in [0.15, 0.2) is 0 Å². The van der Waals surface area contributed by atoms with Gasteiger partial charge in [-0.25, -0.2) is 14.4 Å². The van der Waals surface area contributed by atoms with Gasteiger partial charge in [-0.05, 0) is 43.4 Å². The molecule has 1 aliphatic rings. The minimum atomic E-state index is -0.413. The quantitative estimate of drug-likeness (QED) is 0.530. The molecule has 32 heavy (non-hydrogen) atoms. The number of rotatable bonds is 4. The number of ether oxygens (including phenoxy) is 1. The number of fused-ring (bicyclic) bond motifs is 3. The number of hydrogen-bond donors (Lipinski definition) is 1. The van der Waals surface area contributed by atoms with Crippen LogP contribution in [0.2, 0.25) is 0 Å². The average molecular weight is 434 g/mol. The van der Waals surface area contributed by atoms with Crippen molar-refractivity contribution in [3.63, 3.8) is 0 Å². The molecule has 2 N–H and O–H groups in total. The third-order valence-corrected chi connectivity index (χ3v) is 6.04. The van der Waals surface area contributed by atoms with Crippen molar-refractivity contribution in [2.75, 3.05) is 25.9 Å². The Bertz CT molecular complexity index is 1310. The Hall–Kier alpha value is -3.75. The lowest BCUT2D eigenvalue weighted by Gasteiger charge is -2.31. The van der Waals surface area contributed by atoms with E-state index in [-0.39, 0.29) is 17.4 Å². The zero-order valence-corrected chi connectivity index (χ0v) is 17.7. The number of aromatic nitrogens is 4. The standard InChI is InChI=1S/C23H23FN6O2/c1-32-16-5-8-26-19(12-16)22(31)29-9-6-14(7-10-29)11-15-13-30-21(27-15)17-3-2-4-18(24)20(17)28-23(30)25/h2-5,8,12-14H,6-7,9-11H2,1H3,(H2,25,28). The maximum absolute atomic E-state index is 14.1. The van der Waals surface area contributed by atoms with E-state index < -0.39 is 5.82 Å². The first kappa shape index (κ1) is 20.2. The molecule has 0 bridgehead atoms. The minimum absolute atomic E-state index is 0.0811. The van der Waals surface area contributed by atoms with Gasteiger partial charge in [-0.1, -0.05) is 6.07 Å². The molecule has 0 spiro atoms. The van der Waals surface area contributed by atoms with E-state index in [9.17, 15) is 9.18 Å². The highest BCUT2D eigenvalue weighted by Crippen LogP contribution is 2.26. The van der Waals surface area contributed by atoms with Gasteiger partial charge in [0.05, 0.1) is 12.8 Å². The number of nitrogens with two attached hydrogens (primary N) is 1. The Labute approximate surface area is 183 Å². The topological polar surface area (TPSA) is 98.6 Å². The zero-order valence-electron chi connectivity index (χ0n) is 17.7. The summed E-state index contributed by atoms with van der Waals surface area (Å²) in [5, 5.41) is 0.636. The lowest BCUT2D eigenvalue weighted by Crippen LogP contribution is -2.39. The molecule has 0 unspecified atom stereocenters. The molecule has 4 heterocycles. The summed E-state index contributed by atoms with van der Waals surface area (Å²) in [4.78, 5) is 27.7. The molecule has 0 saturated carbocycles. The third kappa shape index (κ3) is 3.59. The van der Waals surface area contributed by atoms with Crippen LogP contribution in [0.15, 0.2) is 42.7 Å². The van der Waals surface area contributed by atoms with Gasteiger partial charge in [0.1, 0.15) is 28.4 Å². The Balaban J connectivity index is 1.30. The minimum Gasteiger partial charge on any atom is -0.497 e. The molecule has 1 aliphatic heterocycles. The second-order valence-electron chi connectivity index (χ2n) is 8.05. The highest BCUT2D eigenvalue weighted by atomic mass is 19.1. The number of carbonyl (C=O) groups is 1. The fourth-order valence-electron chi connectivity index (χ4n) is 4.32. The van der Waals surface area contributed by atoms with Crippen molar-refractivity contribution < 1.29 is 13.9 Å². The highest BCUT2D eigenvalue weighted by Gasteiger charge is 2.25. The van der Waals surface area contributed by atoms with E-state index in [4.69, 9.17) is 15.5 Å². The van der Waals surface area contributed by atoms with Crippen molar-refractivity contribution in [1.29, 1.82) is 0 Å². The number of piperidine rings is 1. The summed E-state index contributed by atoms with van der Waals surface area (Å²) in [6.07, 6.45) is 5.95. The Kier molecular flexibility index (Phi) is 5.08. The van der Waals surface area contributed by atoms with E-state index in [1.54, 1.807) is 42.0 Å². The number of halogens is 1. The molecule has 1 amide bonds. The summed E-state index contributed by atoms with van der Waals surface area (Å²) in [6, 6.07) is 8.20. The summed E-state index contributed by atoms with van der Waals surface area (Å²) in [5.41, 5.74) is 8.17. The largest absolute Gasteiger partial charge is 0.497 e. The van der Waals surface area contributed by atoms with Crippen molar-refractivity contribution in [3.05, 3.63) is 59.9 Å². The number of methoxy groups -OCH3 is 1. The molecule has 164 valence electrons. The Morgan fingerprint density at radius 2 is 2.06 bits per heavy atom. The van der Waals surface area contributed by atoms with Gasteiger partial charge in [0, 0.05) is 36.9 Å². The molecule has 3 aromatic heterocycles. The number of nitrogen functional groups attached to an aromatic ring is 1. The SMILES string of the molecule is COc1ccnc(C(=O)N2CCC(Cc3cn4c(N)nc5c(F)cccc5c4n3)CC2)c1. The van der Waals surface area contributed by atoms with Crippen molar-refractivity contribution in [3.8, 4) is 5.75 Å². The van der Waals surface area contributed by atoms with E-state index in [2.05, 4.69) is 9.97 Å². The molecule has 1 saturated heterocycles. The predicted molar refractivity (Wildman–Crippen MR) is 118 cm³/mol. The third-order valence-electron chi connectivity index (χ3n) is 6.04. The van der Waals surface area contributed by atoms with E-state index >= 15 is 0 Å². The molecule has 0 radical (unpaired) electrons. The first-order chi connectivity index (χ1) is 15.5. The van der Waals surface area contributed by atoms with Crippen LogP contribution in [-0.4, -0.2) is 50.4 Å². The second-order valence-corrected chi connectivity index (χ2v) is 8.05. The van der Waals surface area contributed by atoms with Crippen LogP contribution in [0, 0.1) is 11.7 Å². The monoisotopic (exact) mass is 434 g/mol. The van der Waals surface area contributed by atoms with Gasteiger partial charge in [-0.2, -0.15) is 0 Å². The number of amides is 1. The fourth-order valence-corrected chi connectivity index (χ4v) is 4.32. The number of nitrogens with zero attached hydrogens (tertiary/aromatic N) is 5. The molecule has 0 aliphatic carbocycles. The number of hydrogen-bond acceptors (Lipinski definition) is 6. The van der Waals surface area contributed by atoms with Crippen LogP contribution in [0.25, 0.3) is 16.6 Å². The molecule has 4 aromatic rings. The van der Waals surface area contributed by atoms with Crippen molar-refractivity contribution in [1.82, 2.24) is 24.3 Å². The van der Waals surface area contributed by atoms with Gasteiger partial charge in [-0.3, -0.25) is 14.2 Å². The lowest BCUT2D eigenvalue weighted by molar-refractivity contribution is 0.0684. The summed E-state index contributed by atoms with van der Waals surface area (Å²) < 4.78 is 21.0. The lowest BCUT2D eigenvalue weighted by atomic mass is 9.92. The maximum Gasteiger partial charge on any atom is 0.272 e. The molecular formula is C23H23FN6O2. The summed E-state index contributed by atoms with van der Waals surface area (Å²) in [6.45, 7) is 1.32. The van der Waals surface area contributed by atoms with Crippen LogP contribution >= 0.6 is 0 Å². The maximum atomic E-state index is 14.1. The highest BCUT2D eigenvalue weighted by molar-refractivity contribution is 5.93. The number of pyridine rings is 1. The van der Waals surface area contributed by atoms with E-state index in [0.717, 1.165) is 25.0 Å². The Morgan fingerprint density at radius 1 is 1.25 bits per heavy atom. The van der Waals surface area contributed by atoms with E-state index in [1.807, 2.05) is 11.1 Å². The molecule has 5 rings (SSSR count). The molecule has 8 nitrogen and oxygen atoms in total. The summed E-state index contributed by atoms with van der Waals surface area (Å²) in [5.74, 6) is 0.722. The number of para-hydroxylation sites is 1. The normalized spacial score (nSPS) is 14.9. The van der Waals surface area contributed by atoms with Crippen LogP contribution < -0.4 is 10.5 Å². The van der Waals surface area contributed by atoms with Crippen LogP contribution in [0.5, 0.6) is 5.75 Å². The van der Waals surface area contributed by atoms with E-state index in [1.165, 1.54) is 6.07 Å². The van der Waals surface area contributed by atoms with Crippen LogP contribution in [-0.2, 0) is 6.42 Å². The molecule has 1 aromatic carbocycles. The van der Waals surface area contributed by atoms with Gasteiger partial charge < -0.3 is 15.4 Å². The van der Waals surface area contributed by atoms with Crippen LogP contribution in [0.1, 0.15) is 29.0 Å². The first-order valence-corrected chi connectivity index (χ1v) is 10.5. The van der Waals surface area contributed by atoms with Crippen molar-refractivity contribution in [2.45, 2.75) is 19.3 Å². The van der Waals surface area contributed by atoms with Gasteiger partial charge >= 0.3 is 0 Å². The summed E-state index contributed by atoms with van der Waals surface area (Å²) in [7, 11) is 1.57. The second kappa shape index (κ2) is 8.07. The van der Waals surface area contributed by atoms with Crippen molar-refractivity contribution >= 4 is 28.4 Å². The fraction of sp³-hybridized carbons (Fsp3) is 0.304. The van der Waals surface area contributed by atoms with Gasteiger partial charge in [0.25, 0.3) is 5.91 Å². The molecule has 1 fully saturated rings. The number of imidazole rings is 1. The Morgan fingerprint density at radius 3 is 2.84 bits per heavy atom. The van der Waals surface area contributed by atoms with Gasteiger partial charge in [-0.15, -0.1) is 0 Å². The molecular weight excluding hydrogens is 411 g/mol. The number of benzene rings is 1. The number of likely N-dealkylation sites (tertiary alicyclic amines) is 1. The predicted octanol–water partition coefficient (Wildman–Crippen LogP) is 3.10. The number of anilines is 1. The molecule has 9 heteroatoms. The summed E-state index contributed by atoms with van der Waals surface area (Å²) >= 11 is 0. The van der Waals surface area contributed by atoms with Crippen LogP contribution in [0.4, 0.5) is 10.3 Å². The van der Waals surface area contributed by atoms with E-state index in [0.29, 0.717) is 41.5 Å². The number of carbonyl (C=O) groups excluding carboxylic acids is 1. The van der Waals surface area contributed by atoms with Crippen molar-refractivity contribution in [2.24, 2.45) is 5.92 Å². The smallest absolute Gasteiger partial charge is 0.272 e. The average Bonchev–Trinajstić information content (AvgIpc) is 3.25. The van der Waals surface area contributed by atoms with Crippen LogP contribution in [0.3, 0.4) is 0 Å². The molecule has 0 atom stereocenters. The zero-order chi connectivity index (χ0) is 22.2.